The monoisotopic (exact) mass is 260 g/mol. The van der Waals surface area contributed by atoms with E-state index in [1.165, 1.54) is 0 Å². The molecule has 0 aliphatic rings. The van der Waals surface area contributed by atoms with Gasteiger partial charge in [-0.25, -0.2) is 4.98 Å². The predicted molar refractivity (Wildman–Crippen MR) is 74.7 cm³/mol. The van der Waals surface area contributed by atoms with Crippen LogP contribution in [0.4, 0.5) is 0 Å². The van der Waals surface area contributed by atoms with Crippen molar-refractivity contribution in [3.63, 3.8) is 0 Å². The summed E-state index contributed by atoms with van der Waals surface area (Å²) >= 11 is 1.61. The quantitative estimate of drug-likeness (QED) is 0.639. The second-order valence-corrected chi connectivity index (χ2v) is 4.98. The molecule has 0 unspecified atom stereocenters. The summed E-state index contributed by atoms with van der Waals surface area (Å²) in [5, 5.41) is 9.49. The Hall–Kier alpha value is -1.72. The minimum Gasteiger partial charge on any atom is -0.384 e. The normalized spacial score (nSPS) is 10.8. The molecular weight excluding hydrogens is 244 g/mol. The van der Waals surface area contributed by atoms with Crippen molar-refractivity contribution < 1.29 is 0 Å². The Morgan fingerprint density at radius 2 is 2.28 bits per heavy atom. The molecule has 0 aliphatic heterocycles. The van der Waals surface area contributed by atoms with Crippen molar-refractivity contribution in [1.29, 1.82) is 5.41 Å². The van der Waals surface area contributed by atoms with Gasteiger partial charge in [-0.2, -0.15) is 0 Å². The van der Waals surface area contributed by atoms with Crippen molar-refractivity contribution in [2.75, 3.05) is 7.05 Å². The highest BCUT2D eigenvalue weighted by Crippen LogP contribution is 2.10. The summed E-state index contributed by atoms with van der Waals surface area (Å²) in [4.78, 5) is 6.46. The number of nitrogen functional groups attached to an aromatic ring is 1. The Labute approximate surface area is 111 Å². The number of nitrogens with zero attached hydrogens (tertiary/aromatic N) is 2. The number of benzene rings is 1. The summed E-state index contributed by atoms with van der Waals surface area (Å²) < 4.78 is 0. The van der Waals surface area contributed by atoms with Gasteiger partial charge in [-0.05, 0) is 18.7 Å². The number of aromatic nitrogens is 1. The average molecular weight is 260 g/mol. The number of amidine groups is 1. The van der Waals surface area contributed by atoms with E-state index in [4.69, 9.17) is 11.1 Å². The maximum Gasteiger partial charge on any atom is 0.122 e. The van der Waals surface area contributed by atoms with E-state index in [0.717, 1.165) is 29.9 Å². The maximum atomic E-state index is 7.43. The molecule has 0 saturated heterocycles. The van der Waals surface area contributed by atoms with Gasteiger partial charge >= 0.3 is 0 Å². The summed E-state index contributed by atoms with van der Waals surface area (Å²) in [7, 11) is 2.06. The maximum absolute atomic E-state index is 7.43. The minimum absolute atomic E-state index is 0.110. The highest BCUT2D eigenvalue weighted by molar-refractivity contribution is 7.07. The van der Waals surface area contributed by atoms with Crippen LogP contribution in [0.2, 0.25) is 0 Å². The van der Waals surface area contributed by atoms with Crippen molar-refractivity contribution in [1.82, 2.24) is 9.88 Å². The van der Waals surface area contributed by atoms with Gasteiger partial charge in [-0.1, -0.05) is 18.2 Å². The zero-order valence-electron chi connectivity index (χ0n) is 10.3. The van der Waals surface area contributed by atoms with E-state index >= 15 is 0 Å². The first-order chi connectivity index (χ1) is 8.65. The van der Waals surface area contributed by atoms with E-state index in [1.807, 2.05) is 29.8 Å². The first-order valence-electron chi connectivity index (χ1n) is 5.64. The third kappa shape index (κ3) is 3.38. The molecule has 2 rings (SSSR count). The molecule has 2 aromatic rings. The van der Waals surface area contributed by atoms with Crippen LogP contribution in [0, 0.1) is 5.41 Å². The highest BCUT2D eigenvalue weighted by Gasteiger charge is 2.04. The van der Waals surface area contributed by atoms with Crippen LogP contribution in [0.3, 0.4) is 0 Å². The smallest absolute Gasteiger partial charge is 0.122 e. The fourth-order valence-electron chi connectivity index (χ4n) is 1.80. The van der Waals surface area contributed by atoms with Gasteiger partial charge in [0.1, 0.15) is 5.84 Å². The van der Waals surface area contributed by atoms with Gasteiger partial charge in [0.05, 0.1) is 11.2 Å². The molecule has 1 heterocycles. The molecule has 0 saturated carbocycles. The van der Waals surface area contributed by atoms with E-state index < -0.39 is 0 Å². The van der Waals surface area contributed by atoms with E-state index in [2.05, 4.69) is 22.3 Å². The molecule has 0 fully saturated rings. The van der Waals surface area contributed by atoms with Gasteiger partial charge in [-0.3, -0.25) is 10.3 Å². The third-order valence-electron chi connectivity index (χ3n) is 2.61. The molecule has 0 radical (unpaired) electrons. The fourth-order valence-corrected chi connectivity index (χ4v) is 2.35. The van der Waals surface area contributed by atoms with E-state index in [-0.39, 0.29) is 5.84 Å². The number of nitrogens with one attached hydrogen (secondary N) is 1. The van der Waals surface area contributed by atoms with Crippen LogP contribution in [0.1, 0.15) is 16.8 Å². The molecule has 94 valence electrons. The van der Waals surface area contributed by atoms with E-state index in [9.17, 15) is 0 Å². The zero-order chi connectivity index (χ0) is 13.0. The Kier molecular flexibility index (Phi) is 4.07. The van der Waals surface area contributed by atoms with E-state index in [1.54, 1.807) is 11.3 Å². The second kappa shape index (κ2) is 5.75. The topological polar surface area (TPSA) is 66.0 Å². The Morgan fingerprint density at radius 1 is 1.44 bits per heavy atom. The fraction of sp³-hybridized carbons (Fsp3) is 0.231. The predicted octanol–water partition coefficient (Wildman–Crippen LogP) is 2.06. The summed E-state index contributed by atoms with van der Waals surface area (Å²) in [5.74, 6) is 0.110. The number of nitrogens with two attached hydrogens (primary N) is 1. The molecule has 4 nitrogen and oxygen atoms in total. The Morgan fingerprint density at radius 3 is 2.94 bits per heavy atom. The minimum atomic E-state index is 0.110. The lowest BCUT2D eigenvalue weighted by molar-refractivity contribution is 0.316. The standard InChI is InChI=1S/C13H16N4S/c1-17(7-12-8-18-9-16-12)6-10-3-2-4-11(5-10)13(14)15/h2-5,8-9H,6-7H2,1H3,(H3,14,15). The van der Waals surface area contributed by atoms with Crippen LogP contribution in [0.15, 0.2) is 35.2 Å². The van der Waals surface area contributed by atoms with Crippen molar-refractivity contribution in [2.45, 2.75) is 13.1 Å². The van der Waals surface area contributed by atoms with Gasteiger partial charge in [0.25, 0.3) is 0 Å². The summed E-state index contributed by atoms with van der Waals surface area (Å²) in [6, 6.07) is 7.79. The summed E-state index contributed by atoms with van der Waals surface area (Å²) in [5.41, 5.74) is 10.3. The van der Waals surface area contributed by atoms with Gasteiger partial charge in [0, 0.05) is 24.0 Å². The van der Waals surface area contributed by atoms with E-state index in [0.29, 0.717) is 0 Å². The van der Waals surface area contributed by atoms with Crippen molar-refractivity contribution >= 4 is 17.2 Å². The lowest BCUT2D eigenvalue weighted by atomic mass is 10.1. The molecule has 1 aromatic carbocycles. The van der Waals surface area contributed by atoms with Gasteiger partial charge in [-0.15, -0.1) is 11.3 Å². The van der Waals surface area contributed by atoms with Crippen LogP contribution >= 0.6 is 11.3 Å². The summed E-state index contributed by atoms with van der Waals surface area (Å²) in [6.07, 6.45) is 0. The van der Waals surface area contributed by atoms with Crippen molar-refractivity contribution in [2.24, 2.45) is 5.73 Å². The van der Waals surface area contributed by atoms with Crippen LogP contribution in [-0.4, -0.2) is 22.8 Å². The molecule has 0 amide bonds. The van der Waals surface area contributed by atoms with Crippen LogP contribution in [-0.2, 0) is 13.1 Å². The molecular formula is C13H16N4S. The molecule has 0 atom stereocenters. The van der Waals surface area contributed by atoms with Crippen LogP contribution in [0.25, 0.3) is 0 Å². The molecule has 18 heavy (non-hydrogen) atoms. The van der Waals surface area contributed by atoms with Gasteiger partial charge in [0.15, 0.2) is 0 Å². The molecule has 0 spiro atoms. The lowest BCUT2D eigenvalue weighted by Crippen LogP contribution is -2.18. The van der Waals surface area contributed by atoms with Crippen LogP contribution in [0.5, 0.6) is 0 Å². The van der Waals surface area contributed by atoms with Gasteiger partial charge < -0.3 is 5.73 Å². The largest absolute Gasteiger partial charge is 0.384 e. The number of hydrogen-bond donors (Lipinski definition) is 2. The first-order valence-corrected chi connectivity index (χ1v) is 6.58. The Balaban J connectivity index is 2.00. The third-order valence-corrected chi connectivity index (χ3v) is 3.24. The SMILES string of the molecule is CN(Cc1cccc(C(=N)N)c1)Cc1cscn1. The van der Waals surface area contributed by atoms with Crippen LogP contribution < -0.4 is 5.73 Å². The van der Waals surface area contributed by atoms with Gasteiger partial charge in [0.2, 0.25) is 0 Å². The van der Waals surface area contributed by atoms with Crippen molar-refractivity contribution in [3.8, 4) is 0 Å². The average Bonchev–Trinajstić information content (AvgIpc) is 2.82. The number of hydrogen-bond acceptors (Lipinski definition) is 4. The highest BCUT2D eigenvalue weighted by atomic mass is 32.1. The Bertz CT molecular complexity index is 522. The summed E-state index contributed by atoms with van der Waals surface area (Å²) in [6.45, 7) is 1.65. The molecule has 0 aliphatic carbocycles. The number of thiazole rings is 1. The molecule has 3 N–H and O–H groups in total. The molecule has 1 aromatic heterocycles. The molecule has 5 heteroatoms. The van der Waals surface area contributed by atoms with Crippen molar-refractivity contribution in [3.05, 3.63) is 52.0 Å². The first kappa shape index (κ1) is 12.7. The lowest BCUT2D eigenvalue weighted by Gasteiger charge is -2.15. The zero-order valence-corrected chi connectivity index (χ0v) is 11.1. The molecule has 0 bridgehead atoms. The second-order valence-electron chi connectivity index (χ2n) is 4.27. The number of rotatable bonds is 5.